The van der Waals surface area contributed by atoms with Crippen molar-refractivity contribution in [3.63, 3.8) is 0 Å². The summed E-state index contributed by atoms with van der Waals surface area (Å²) in [5.74, 6) is 0.852. The Hall–Kier alpha value is -0.540. The standard InChI is InChI=1S/C15H25NOS/c1-2-6-14(17)13-9-15(18-11-13)16-10-12-7-4-3-5-8-12/h9,11-12,14,16-17H,2-8,10H2,1H3. The van der Waals surface area contributed by atoms with Crippen molar-refractivity contribution in [3.8, 4) is 0 Å². The summed E-state index contributed by atoms with van der Waals surface area (Å²) in [4.78, 5) is 0. The van der Waals surface area contributed by atoms with Gasteiger partial charge in [-0.25, -0.2) is 0 Å². The highest BCUT2D eigenvalue weighted by atomic mass is 32.1. The molecule has 1 aliphatic rings. The third-order valence-electron chi connectivity index (χ3n) is 3.86. The SMILES string of the molecule is CCCC(O)c1csc(NCC2CCCCC2)c1. The summed E-state index contributed by atoms with van der Waals surface area (Å²) < 4.78 is 0. The Kier molecular flexibility index (Phi) is 5.51. The zero-order valence-corrected chi connectivity index (χ0v) is 12.1. The lowest BCUT2D eigenvalue weighted by molar-refractivity contribution is 0.167. The molecule has 1 aromatic heterocycles. The number of nitrogens with one attached hydrogen (secondary N) is 1. The molecule has 1 saturated carbocycles. The number of thiophene rings is 1. The van der Waals surface area contributed by atoms with Gasteiger partial charge in [0.05, 0.1) is 11.1 Å². The van der Waals surface area contributed by atoms with Gasteiger partial charge in [0.15, 0.2) is 0 Å². The topological polar surface area (TPSA) is 32.3 Å². The van der Waals surface area contributed by atoms with Gasteiger partial charge in [-0.3, -0.25) is 0 Å². The maximum atomic E-state index is 9.93. The van der Waals surface area contributed by atoms with Gasteiger partial charge in [-0.2, -0.15) is 0 Å². The Morgan fingerprint density at radius 2 is 2.17 bits per heavy atom. The maximum absolute atomic E-state index is 9.93. The number of aliphatic hydroxyl groups is 1. The first-order valence-corrected chi connectivity index (χ1v) is 8.18. The van der Waals surface area contributed by atoms with Gasteiger partial charge >= 0.3 is 0 Å². The van der Waals surface area contributed by atoms with Gasteiger partial charge in [0.1, 0.15) is 0 Å². The molecule has 2 N–H and O–H groups in total. The second-order valence-corrected chi connectivity index (χ2v) is 6.34. The van der Waals surface area contributed by atoms with E-state index in [4.69, 9.17) is 0 Å². The second-order valence-electron chi connectivity index (χ2n) is 5.43. The summed E-state index contributed by atoms with van der Waals surface area (Å²) in [7, 11) is 0. The molecule has 102 valence electrons. The fourth-order valence-electron chi connectivity index (χ4n) is 2.69. The van der Waals surface area contributed by atoms with Crippen LogP contribution in [-0.4, -0.2) is 11.7 Å². The Bertz CT molecular complexity index is 344. The summed E-state index contributed by atoms with van der Waals surface area (Å²) >= 11 is 1.72. The predicted molar refractivity (Wildman–Crippen MR) is 79.3 cm³/mol. The third kappa shape index (κ3) is 3.99. The van der Waals surface area contributed by atoms with Crippen LogP contribution in [-0.2, 0) is 0 Å². The van der Waals surface area contributed by atoms with E-state index in [1.54, 1.807) is 11.3 Å². The Morgan fingerprint density at radius 1 is 1.39 bits per heavy atom. The molecular formula is C15H25NOS. The lowest BCUT2D eigenvalue weighted by atomic mass is 9.89. The average molecular weight is 267 g/mol. The number of rotatable bonds is 6. The van der Waals surface area contributed by atoms with Crippen LogP contribution < -0.4 is 5.32 Å². The van der Waals surface area contributed by atoms with Gasteiger partial charge in [0.2, 0.25) is 0 Å². The molecule has 1 aliphatic carbocycles. The molecule has 2 rings (SSSR count). The largest absolute Gasteiger partial charge is 0.388 e. The highest BCUT2D eigenvalue weighted by Crippen LogP contribution is 2.29. The second kappa shape index (κ2) is 7.15. The molecule has 0 radical (unpaired) electrons. The molecule has 0 aliphatic heterocycles. The van der Waals surface area contributed by atoms with Crippen molar-refractivity contribution in [2.75, 3.05) is 11.9 Å². The van der Waals surface area contributed by atoms with Gasteiger partial charge in [0, 0.05) is 6.54 Å². The Morgan fingerprint density at radius 3 is 2.89 bits per heavy atom. The number of hydrogen-bond donors (Lipinski definition) is 2. The first-order chi connectivity index (χ1) is 8.79. The van der Waals surface area contributed by atoms with E-state index in [9.17, 15) is 5.11 Å². The molecule has 2 nitrogen and oxygen atoms in total. The molecule has 0 spiro atoms. The van der Waals surface area contributed by atoms with Crippen molar-refractivity contribution < 1.29 is 5.11 Å². The molecule has 0 bridgehead atoms. The lowest BCUT2D eigenvalue weighted by Gasteiger charge is -2.21. The van der Waals surface area contributed by atoms with E-state index in [-0.39, 0.29) is 6.10 Å². The molecule has 1 unspecified atom stereocenters. The van der Waals surface area contributed by atoms with Crippen LogP contribution >= 0.6 is 11.3 Å². The minimum atomic E-state index is -0.281. The van der Waals surface area contributed by atoms with E-state index in [1.165, 1.54) is 37.1 Å². The third-order valence-corrected chi connectivity index (χ3v) is 4.76. The zero-order chi connectivity index (χ0) is 12.8. The smallest absolute Gasteiger partial charge is 0.0886 e. The summed E-state index contributed by atoms with van der Waals surface area (Å²) in [6, 6.07) is 2.12. The number of hydrogen-bond acceptors (Lipinski definition) is 3. The van der Waals surface area contributed by atoms with Crippen LogP contribution in [0.5, 0.6) is 0 Å². The predicted octanol–water partition coefficient (Wildman–Crippen LogP) is 4.57. The molecule has 1 heterocycles. The quantitative estimate of drug-likeness (QED) is 0.791. The summed E-state index contributed by atoms with van der Waals surface area (Å²) in [6.45, 7) is 3.21. The van der Waals surface area contributed by atoms with Crippen molar-refractivity contribution in [2.45, 2.75) is 58.0 Å². The first-order valence-electron chi connectivity index (χ1n) is 7.30. The molecule has 0 amide bonds. The molecule has 1 fully saturated rings. The van der Waals surface area contributed by atoms with E-state index in [2.05, 4.69) is 23.7 Å². The van der Waals surface area contributed by atoms with Gasteiger partial charge < -0.3 is 10.4 Å². The average Bonchev–Trinajstić information content (AvgIpc) is 2.87. The van der Waals surface area contributed by atoms with Gasteiger partial charge in [-0.05, 0) is 42.2 Å². The van der Waals surface area contributed by atoms with Crippen LogP contribution in [0.3, 0.4) is 0 Å². The number of aliphatic hydroxyl groups excluding tert-OH is 1. The fraction of sp³-hybridized carbons (Fsp3) is 0.733. The van der Waals surface area contributed by atoms with Crippen LogP contribution in [0.4, 0.5) is 5.00 Å². The van der Waals surface area contributed by atoms with Crippen LogP contribution in [0.15, 0.2) is 11.4 Å². The molecule has 1 aromatic rings. The highest BCUT2D eigenvalue weighted by molar-refractivity contribution is 7.14. The summed E-state index contributed by atoms with van der Waals surface area (Å²) in [5.41, 5.74) is 1.08. The van der Waals surface area contributed by atoms with Crippen molar-refractivity contribution in [1.29, 1.82) is 0 Å². The van der Waals surface area contributed by atoms with E-state index >= 15 is 0 Å². The van der Waals surface area contributed by atoms with E-state index in [1.807, 2.05) is 0 Å². The fourth-order valence-corrected chi connectivity index (χ4v) is 3.55. The van der Waals surface area contributed by atoms with Crippen LogP contribution in [0.25, 0.3) is 0 Å². The van der Waals surface area contributed by atoms with Gasteiger partial charge in [-0.15, -0.1) is 11.3 Å². The Balaban J connectivity index is 1.79. The van der Waals surface area contributed by atoms with E-state index in [0.717, 1.165) is 30.9 Å². The van der Waals surface area contributed by atoms with Crippen LogP contribution in [0.2, 0.25) is 0 Å². The van der Waals surface area contributed by atoms with Crippen molar-refractivity contribution >= 4 is 16.3 Å². The van der Waals surface area contributed by atoms with Crippen molar-refractivity contribution in [3.05, 3.63) is 17.0 Å². The molecular weight excluding hydrogens is 242 g/mol. The highest BCUT2D eigenvalue weighted by Gasteiger charge is 2.14. The van der Waals surface area contributed by atoms with Gasteiger partial charge in [0.25, 0.3) is 0 Å². The normalized spacial score (nSPS) is 18.8. The number of anilines is 1. The van der Waals surface area contributed by atoms with E-state index < -0.39 is 0 Å². The van der Waals surface area contributed by atoms with Crippen LogP contribution in [0.1, 0.15) is 63.5 Å². The molecule has 1 atom stereocenters. The van der Waals surface area contributed by atoms with Crippen molar-refractivity contribution in [2.24, 2.45) is 5.92 Å². The molecule has 0 aromatic carbocycles. The molecule has 18 heavy (non-hydrogen) atoms. The van der Waals surface area contributed by atoms with E-state index in [0.29, 0.717) is 0 Å². The summed E-state index contributed by atoms with van der Waals surface area (Å²) in [6.07, 6.45) is 8.59. The lowest BCUT2D eigenvalue weighted by Crippen LogP contribution is -2.16. The molecule has 0 saturated heterocycles. The first kappa shape index (κ1) is 13.9. The minimum Gasteiger partial charge on any atom is -0.388 e. The monoisotopic (exact) mass is 267 g/mol. The zero-order valence-electron chi connectivity index (χ0n) is 11.3. The minimum absolute atomic E-state index is 0.281. The van der Waals surface area contributed by atoms with Crippen molar-refractivity contribution in [1.82, 2.24) is 0 Å². The summed E-state index contributed by atoms with van der Waals surface area (Å²) in [5, 5.41) is 16.8. The van der Waals surface area contributed by atoms with Gasteiger partial charge in [-0.1, -0.05) is 32.6 Å². The Labute approximate surface area is 114 Å². The van der Waals surface area contributed by atoms with Crippen LogP contribution in [0, 0.1) is 5.92 Å². The maximum Gasteiger partial charge on any atom is 0.0886 e. The molecule has 3 heteroatoms.